The van der Waals surface area contributed by atoms with Gasteiger partial charge in [0, 0.05) is 64.2 Å². The van der Waals surface area contributed by atoms with Crippen molar-refractivity contribution in [2.75, 3.05) is 45.2 Å². The third-order valence-corrected chi connectivity index (χ3v) is 6.31. The molecule has 0 saturated carbocycles. The van der Waals surface area contributed by atoms with E-state index >= 15 is 0 Å². The highest BCUT2D eigenvalue weighted by Crippen LogP contribution is 2.34. The van der Waals surface area contributed by atoms with Gasteiger partial charge in [0.25, 0.3) is 5.69 Å². The van der Waals surface area contributed by atoms with Gasteiger partial charge in [-0.25, -0.2) is 8.42 Å². The van der Waals surface area contributed by atoms with Crippen LogP contribution >= 0.6 is 0 Å². The highest BCUT2D eigenvalue weighted by atomic mass is 32.2. The summed E-state index contributed by atoms with van der Waals surface area (Å²) in [5.74, 6) is 0.497. The molecule has 2 aromatic carbocycles. The van der Waals surface area contributed by atoms with Gasteiger partial charge < -0.3 is 15.0 Å². The van der Waals surface area contributed by atoms with Crippen molar-refractivity contribution in [1.82, 2.24) is 9.62 Å². The van der Waals surface area contributed by atoms with Gasteiger partial charge in [-0.15, -0.1) is 0 Å². The van der Waals surface area contributed by atoms with Crippen molar-refractivity contribution in [3.8, 4) is 11.5 Å². The van der Waals surface area contributed by atoms with E-state index in [9.17, 15) is 18.5 Å². The van der Waals surface area contributed by atoms with Crippen LogP contribution in [0.15, 0.2) is 47.4 Å². The average molecular weight is 406 g/mol. The van der Waals surface area contributed by atoms with Crippen molar-refractivity contribution in [3.05, 3.63) is 52.6 Å². The number of sulfonamides is 1. The van der Waals surface area contributed by atoms with E-state index in [1.807, 2.05) is 25.1 Å². The molecule has 0 aliphatic carbocycles. The fourth-order valence-corrected chi connectivity index (χ4v) is 4.45. The Bertz CT molecular complexity index is 972. The van der Waals surface area contributed by atoms with Crippen LogP contribution in [0.25, 0.3) is 0 Å². The fraction of sp³-hybridized carbons (Fsp3) is 0.333. The lowest BCUT2D eigenvalue weighted by Crippen LogP contribution is -2.46. The molecule has 1 aliphatic rings. The Balaban J connectivity index is 2.03. The van der Waals surface area contributed by atoms with Gasteiger partial charge in [0.05, 0.1) is 4.92 Å². The van der Waals surface area contributed by atoms with Gasteiger partial charge in [-0.3, -0.25) is 10.1 Å². The third-order valence-electron chi connectivity index (χ3n) is 4.39. The van der Waals surface area contributed by atoms with Gasteiger partial charge >= 0.3 is 0 Å². The first-order valence-corrected chi connectivity index (χ1v) is 10.2. The second-order valence-corrected chi connectivity index (χ2v) is 8.44. The first-order valence-electron chi connectivity index (χ1n) is 8.73. The summed E-state index contributed by atoms with van der Waals surface area (Å²) in [4.78, 5) is 12.2. The van der Waals surface area contributed by atoms with E-state index in [-0.39, 0.29) is 16.3 Å². The molecule has 10 heteroatoms. The van der Waals surface area contributed by atoms with Gasteiger partial charge in [0.1, 0.15) is 16.4 Å². The van der Waals surface area contributed by atoms with E-state index in [1.165, 1.54) is 16.4 Å². The molecule has 1 heterocycles. The first-order chi connectivity index (χ1) is 13.3. The standard InChI is InChI=1S/C18H22N4O5S/c1-20(2)14-4-3-5-16(12-14)27-17-7-6-15(22(23)24)13-18(17)28(25,26)21-10-8-19-9-11-21/h3-7,12-13,19H,8-11H2,1-2H3. The molecule has 1 fully saturated rings. The summed E-state index contributed by atoms with van der Waals surface area (Å²) >= 11 is 0. The maximum atomic E-state index is 13.1. The normalized spacial score (nSPS) is 15.2. The minimum absolute atomic E-state index is 0.0556. The molecule has 28 heavy (non-hydrogen) atoms. The predicted octanol–water partition coefficient (Wildman–Crippen LogP) is 2.05. The zero-order chi connectivity index (χ0) is 20.3. The Morgan fingerprint density at radius 1 is 1.14 bits per heavy atom. The van der Waals surface area contributed by atoms with E-state index < -0.39 is 14.9 Å². The van der Waals surface area contributed by atoms with E-state index in [0.29, 0.717) is 31.9 Å². The summed E-state index contributed by atoms with van der Waals surface area (Å²) in [6, 6.07) is 10.8. The number of hydrogen-bond donors (Lipinski definition) is 1. The molecule has 0 bridgehead atoms. The van der Waals surface area contributed by atoms with Crippen LogP contribution < -0.4 is 15.0 Å². The summed E-state index contributed by atoms with van der Waals surface area (Å²) in [7, 11) is -0.181. The molecule has 9 nitrogen and oxygen atoms in total. The second-order valence-electron chi connectivity index (χ2n) is 6.54. The van der Waals surface area contributed by atoms with Gasteiger partial charge in [-0.2, -0.15) is 4.31 Å². The largest absolute Gasteiger partial charge is 0.456 e. The lowest BCUT2D eigenvalue weighted by atomic mass is 10.2. The van der Waals surface area contributed by atoms with Gasteiger partial charge in [-0.05, 0) is 18.2 Å². The van der Waals surface area contributed by atoms with Crippen LogP contribution in [0, 0.1) is 10.1 Å². The molecule has 0 radical (unpaired) electrons. The van der Waals surface area contributed by atoms with E-state index in [1.54, 1.807) is 18.2 Å². The topological polar surface area (TPSA) is 105 Å². The molecule has 3 rings (SSSR count). The molecule has 1 saturated heterocycles. The Morgan fingerprint density at radius 3 is 2.50 bits per heavy atom. The van der Waals surface area contributed by atoms with Crippen molar-refractivity contribution >= 4 is 21.4 Å². The van der Waals surface area contributed by atoms with Gasteiger partial charge in [0.2, 0.25) is 10.0 Å². The van der Waals surface area contributed by atoms with Crippen LogP contribution in [-0.2, 0) is 10.0 Å². The maximum Gasteiger partial charge on any atom is 0.271 e. The molecular formula is C18H22N4O5S. The number of anilines is 1. The van der Waals surface area contributed by atoms with Crippen LogP contribution in [0.1, 0.15) is 0 Å². The lowest BCUT2D eigenvalue weighted by molar-refractivity contribution is -0.385. The summed E-state index contributed by atoms with van der Waals surface area (Å²) in [5, 5.41) is 14.3. The minimum atomic E-state index is -3.94. The number of hydrogen-bond acceptors (Lipinski definition) is 7. The smallest absolute Gasteiger partial charge is 0.271 e. The van der Waals surface area contributed by atoms with Crippen LogP contribution in [0.3, 0.4) is 0 Å². The SMILES string of the molecule is CN(C)c1cccc(Oc2ccc([N+](=O)[O-])cc2S(=O)(=O)N2CCNCC2)c1. The van der Waals surface area contributed by atoms with E-state index in [0.717, 1.165) is 11.8 Å². The van der Waals surface area contributed by atoms with E-state index in [4.69, 9.17) is 4.74 Å². The number of ether oxygens (including phenoxy) is 1. The zero-order valence-corrected chi connectivity index (χ0v) is 16.5. The monoisotopic (exact) mass is 406 g/mol. The van der Waals surface area contributed by atoms with Crippen LogP contribution in [0.4, 0.5) is 11.4 Å². The number of nitrogens with one attached hydrogen (secondary N) is 1. The molecular weight excluding hydrogens is 384 g/mol. The average Bonchev–Trinajstić information content (AvgIpc) is 2.69. The highest BCUT2D eigenvalue weighted by molar-refractivity contribution is 7.89. The van der Waals surface area contributed by atoms with Crippen molar-refractivity contribution in [3.63, 3.8) is 0 Å². The molecule has 0 unspecified atom stereocenters. The fourth-order valence-electron chi connectivity index (χ4n) is 2.87. The molecule has 0 amide bonds. The highest BCUT2D eigenvalue weighted by Gasteiger charge is 2.31. The number of nitro benzene ring substituents is 1. The van der Waals surface area contributed by atoms with Crippen molar-refractivity contribution in [1.29, 1.82) is 0 Å². The predicted molar refractivity (Wildman–Crippen MR) is 106 cm³/mol. The van der Waals surface area contributed by atoms with Crippen LogP contribution in [0.2, 0.25) is 0 Å². The summed E-state index contributed by atoms with van der Waals surface area (Å²) in [5.41, 5.74) is 0.578. The third kappa shape index (κ3) is 4.24. The summed E-state index contributed by atoms with van der Waals surface area (Å²) in [6.45, 7) is 1.63. The zero-order valence-electron chi connectivity index (χ0n) is 15.7. The summed E-state index contributed by atoms with van der Waals surface area (Å²) in [6.07, 6.45) is 0. The van der Waals surface area contributed by atoms with Crippen molar-refractivity contribution in [2.24, 2.45) is 0 Å². The first kappa shape index (κ1) is 20.1. The molecule has 0 spiro atoms. The molecule has 2 aromatic rings. The molecule has 0 aromatic heterocycles. The Hall–Kier alpha value is -2.69. The van der Waals surface area contributed by atoms with Gasteiger partial charge in [-0.1, -0.05) is 6.07 Å². The number of rotatable bonds is 6. The van der Waals surface area contributed by atoms with Crippen LogP contribution in [0.5, 0.6) is 11.5 Å². The Kier molecular flexibility index (Phi) is 5.82. The number of benzene rings is 2. The summed E-state index contributed by atoms with van der Waals surface area (Å²) < 4.78 is 33.4. The van der Waals surface area contributed by atoms with Gasteiger partial charge in [0.15, 0.2) is 0 Å². The van der Waals surface area contributed by atoms with Crippen molar-refractivity contribution in [2.45, 2.75) is 4.90 Å². The molecule has 1 aliphatic heterocycles. The molecule has 1 N–H and O–H groups in total. The number of nitrogens with zero attached hydrogens (tertiary/aromatic N) is 3. The number of non-ortho nitro benzene ring substituents is 1. The van der Waals surface area contributed by atoms with Crippen molar-refractivity contribution < 1.29 is 18.1 Å². The molecule has 0 atom stereocenters. The van der Waals surface area contributed by atoms with E-state index in [2.05, 4.69) is 5.32 Å². The quantitative estimate of drug-likeness (QED) is 0.578. The Morgan fingerprint density at radius 2 is 1.86 bits per heavy atom. The maximum absolute atomic E-state index is 13.1. The second kappa shape index (κ2) is 8.13. The molecule has 150 valence electrons. The number of nitro groups is 1. The number of piperazine rings is 1. The Labute approximate surface area is 163 Å². The minimum Gasteiger partial charge on any atom is -0.456 e. The lowest BCUT2D eigenvalue weighted by Gasteiger charge is -2.27. The van der Waals surface area contributed by atoms with Crippen LogP contribution in [-0.4, -0.2) is 57.9 Å².